The lowest BCUT2D eigenvalue weighted by atomic mass is 10.1. The van der Waals surface area contributed by atoms with E-state index < -0.39 is 22.7 Å². The number of hydrogen-bond donors (Lipinski definition) is 2. The van der Waals surface area contributed by atoms with Crippen LogP contribution in [0.4, 0.5) is 0 Å². The number of phenols is 1. The maximum atomic E-state index is 12.3. The number of carbonyl (C=O) groups excluding carboxylic acids is 1. The molecule has 0 radical (unpaired) electrons. The minimum Gasteiger partial charge on any atom is -0.508 e. The summed E-state index contributed by atoms with van der Waals surface area (Å²) in [6, 6.07) is 9.12. The van der Waals surface area contributed by atoms with Crippen LogP contribution in [-0.4, -0.2) is 16.0 Å². The van der Waals surface area contributed by atoms with Gasteiger partial charge in [-0.15, -0.1) is 0 Å². The van der Waals surface area contributed by atoms with E-state index in [1.165, 1.54) is 30.3 Å². The van der Waals surface area contributed by atoms with Crippen molar-refractivity contribution in [3.05, 3.63) is 74.6 Å². The van der Waals surface area contributed by atoms with Gasteiger partial charge in [0.25, 0.3) is 0 Å². The summed E-state index contributed by atoms with van der Waals surface area (Å²) in [6.45, 7) is 1.73. The summed E-state index contributed by atoms with van der Waals surface area (Å²) < 4.78 is 5.14. The fourth-order valence-corrected chi connectivity index (χ4v) is 2.53. The Morgan fingerprint density at radius 3 is 2.52 bits per heavy atom. The largest absolute Gasteiger partial charge is 0.508 e. The number of ketones is 1. The molecule has 0 aliphatic heterocycles. The molecule has 0 unspecified atom stereocenters. The molecule has 0 aliphatic carbocycles. The van der Waals surface area contributed by atoms with Crippen LogP contribution in [0.5, 0.6) is 11.5 Å². The minimum absolute atomic E-state index is 0.100. The number of carbonyl (C=O) groups is 1. The van der Waals surface area contributed by atoms with Crippen molar-refractivity contribution in [2.75, 3.05) is 0 Å². The third kappa shape index (κ3) is 3.27. The van der Waals surface area contributed by atoms with E-state index in [1.54, 1.807) is 19.1 Å². The third-order valence-corrected chi connectivity index (χ3v) is 4.13. The molecule has 0 aliphatic rings. The molecule has 0 fully saturated rings. The van der Waals surface area contributed by atoms with Crippen LogP contribution >= 0.6 is 11.6 Å². The molecule has 0 atom stereocenters. The predicted molar refractivity (Wildman–Crippen MR) is 95.4 cm³/mol. The SMILES string of the molecule is Cc1cc2oc(=O)c(C(=O)/C=C/c3ccc(O)cc3)c(O)c2cc1Cl. The number of rotatable bonds is 3. The average molecular weight is 357 g/mol. The van der Waals surface area contributed by atoms with Gasteiger partial charge in [0.05, 0.1) is 5.39 Å². The fraction of sp³-hybridized carbons (Fsp3) is 0.0526. The van der Waals surface area contributed by atoms with Crippen molar-refractivity contribution in [1.29, 1.82) is 0 Å². The highest BCUT2D eigenvalue weighted by Crippen LogP contribution is 2.31. The van der Waals surface area contributed by atoms with Crippen LogP contribution < -0.4 is 5.63 Å². The number of allylic oxidation sites excluding steroid dienone is 1. The van der Waals surface area contributed by atoms with Crippen molar-refractivity contribution >= 4 is 34.4 Å². The first-order valence-corrected chi connectivity index (χ1v) is 7.72. The quantitative estimate of drug-likeness (QED) is 0.419. The Bertz CT molecular complexity index is 1060. The molecule has 0 saturated heterocycles. The molecule has 25 heavy (non-hydrogen) atoms. The number of phenolic OH excluding ortho intramolecular Hbond substituents is 1. The first-order valence-electron chi connectivity index (χ1n) is 7.34. The Labute approximate surface area is 147 Å². The van der Waals surface area contributed by atoms with Crippen molar-refractivity contribution in [2.45, 2.75) is 6.92 Å². The molecule has 6 heteroatoms. The van der Waals surface area contributed by atoms with Crippen LogP contribution in [0.3, 0.4) is 0 Å². The Hall–Kier alpha value is -3.05. The van der Waals surface area contributed by atoms with Crippen molar-refractivity contribution < 1.29 is 19.4 Å². The van der Waals surface area contributed by atoms with Crippen LogP contribution in [-0.2, 0) is 0 Å². The molecule has 2 N–H and O–H groups in total. The van der Waals surface area contributed by atoms with Gasteiger partial charge in [0, 0.05) is 5.02 Å². The maximum Gasteiger partial charge on any atom is 0.351 e. The molecule has 0 bridgehead atoms. The zero-order chi connectivity index (χ0) is 18.1. The van der Waals surface area contributed by atoms with Crippen LogP contribution in [0.15, 0.2) is 51.7 Å². The molecule has 1 heterocycles. The van der Waals surface area contributed by atoms with Crippen LogP contribution in [0.2, 0.25) is 5.02 Å². The number of aromatic hydroxyl groups is 2. The van der Waals surface area contributed by atoms with Crippen molar-refractivity contribution in [3.63, 3.8) is 0 Å². The number of hydrogen-bond acceptors (Lipinski definition) is 5. The van der Waals surface area contributed by atoms with E-state index in [0.29, 0.717) is 16.1 Å². The number of halogens is 1. The lowest BCUT2D eigenvalue weighted by Crippen LogP contribution is -2.12. The van der Waals surface area contributed by atoms with E-state index in [9.17, 15) is 19.8 Å². The summed E-state index contributed by atoms with van der Waals surface area (Å²) in [5.41, 5.74) is 0.107. The van der Waals surface area contributed by atoms with Crippen LogP contribution in [0.25, 0.3) is 17.0 Å². The first-order chi connectivity index (χ1) is 11.9. The van der Waals surface area contributed by atoms with Gasteiger partial charge < -0.3 is 14.6 Å². The van der Waals surface area contributed by atoms with Gasteiger partial charge in [-0.2, -0.15) is 0 Å². The van der Waals surface area contributed by atoms with E-state index in [1.807, 2.05) is 0 Å². The minimum atomic E-state index is -0.924. The van der Waals surface area contributed by atoms with Crippen molar-refractivity contribution in [1.82, 2.24) is 0 Å². The second kappa shape index (κ2) is 6.45. The van der Waals surface area contributed by atoms with Gasteiger partial charge in [0.15, 0.2) is 5.78 Å². The number of fused-ring (bicyclic) bond motifs is 1. The molecule has 2 aromatic carbocycles. The zero-order valence-electron chi connectivity index (χ0n) is 13.1. The smallest absolute Gasteiger partial charge is 0.351 e. The highest BCUT2D eigenvalue weighted by Gasteiger charge is 2.19. The van der Waals surface area contributed by atoms with Crippen LogP contribution in [0, 0.1) is 6.92 Å². The maximum absolute atomic E-state index is 12.3. The predicted octanol–water partition coefficient (Wildman–Crippen LogP) is 4.06. The highest BCUT2D eigenvalue weighted by molar-refractivity contribution is 6.32. The number of aryl methyl sites for hydroxylation is 1. The summed E-state index contributed by atoms with van der Waals surface area (Å²) >= 11 is 6.04. The molecule has 126 valence electrons. The Morgan fingerprint density at radius 2 is 1.84 bits per heavy atom. The van der Waals surface area contributed by atoms with Crippen molar-refractivity contribution in [3.8, 4) is 11.5 Å². The monoisotopic (exact) mass is 356 g/mol. The first kappa shape index (κ1) is 16.8. The lowest BCUT2D eigenvalue weighted by molar-refractivity contribution is 0.104. The Kier molecular flexibility index (Phi) is 4.33. The summed E-state index contributed by atoms with van der Waals surface area (Å²) in [5.74, 6) is -1.06. The van der Waals surface area contributed by atoms with Gasteiger partial charge in [0.1, 0.15) is 22.6 Å². The van der Waals surface area contributed by atoms with E-state index in [0.717, 1.165) is 6.08 Å². The molecule has 5 nitrogen and oxygen atoms in total. The normalized spacial score (nSPS) is 11.3. The summed E-state index contributed by atoms with van der Waals surface area (Å²) in [6.07, 6.45) is 2.62. The second-order valence-corrected chi connectivity index (χ2v) is 5.91. The molecule has 3 aromatic rings. The van der Waals surface area contributed by atoms with Gasteiger partial charge >= 0.3 is 5.63 Å². The van der Waals surface area contributed by atoms with E-state index in [2.05, 4.69) is 0 Å². The summed E-state index contributed by atoms with van der Waals surface area (Å²) in [7, 11) is 0. The molecular formula is C19H13ClO5. The Morgan fingerprint density at radius 1 is 1.16 bits per heavy atom. The lowest BCUT2D eigenvalue weighted by Gasteiger charge is -2.06. The molecule has 0 spiro atoms. The average Bonchev–Trinajstić information content (AvgIpc) is 2.56. The second-order valence-electron chi connectivity index (χ2n) is 5.50. The topological polar surface area (TPSA) is 87.7 Å². The highest BCUT2D eigenvalue weighted by atomic mass is 35.5. The van der Waals surface area contributed by atoms with E-state index in [4.69, 9.17) is 16.0 Å². The van der Waals surface area contributed by atoms with Gasteiger partial charge in [-0.25, -0.2) is 4.79 Å². The fourth-order valence-electron chi connectivity index (χ4n) is 2.36. The molecule has 3 rings (SSSR count). The zero-order valence-corrected chi connectivity index (χ0v) is 13.9. The van der Waals surface area contributed by atoms with Gasteiger partial charge in [0.2, 0.25) is 0 Å². The third-order valence-electron chi connectivity index (χ3n) is 3.73. The molecular weight excluding hydrogens is 344 g/mol. The van der Waals surface area contributed by atoms with E-state index in [-0.39, 0.29) is 16.7 Å². The summed E-state index contributed by atoms with van der Waals surface area (Å²) in [4.78, 5) is 24.4. The van der Waals surface area contributed by atoms with E-state index >= 15 is 0 Å². The van der Waals surface area contributed by atoms with Gasteiger partial charge in [-0.05, 0) is 48.4 Å². The van der Waals surface area contributed by atoms with Gasteiger partial charge in [-0.3, -0.25) is 4.79 Å². The van der Waals surface area contributed by atoms with Crippen molar-refractivity contribution in [2.24, 2.45) is 0 Å². The number of benzene rings is 2. The van der Waals surface area contributed by atoms with Gasteiger partial charge in [-0.1, -0.05) is 29.8 Å². The standard InChI is InChI=1S/C19H13ClO5/c1-10-8-16-13(9-14(10)20)18(23)17(19(24)25-16)15(22)7-4-11-2-5-12(21)6-3-11/h2-9,21,23H,1H3/b7-4+. The molecule has 0 amide bonds. The summed E-state index contributed by atoms with van der Waals surface area (Å²) in [5, 5.41) is 20.2. The molecule has 0 saturated carbocycles. The molecule has 1 aromatic heterocycles. The van der Waals surface area contributed by atoms with Crippen LogP contribution in [0.1, 0.15) is 21.5 Å². The Balaban J connectivity index is 2.05.